The molecule has 0 unspecified atom stereocenters. The van der Waals surface area contributed by atoms with Gasteiger partial charge in [-0.05, 0) is 6.54 Å². The first-order valence-electron chi connectivity index (χ1n) is 4.62. The number of rotatable bonds is 3. The fraction of sp³-hybridized carbons (Fsp3) is 0.375. The van der Waals surface area contributed by atoms with Gasteiger partial charge in [-0.15, -0.1) is 0 Å². The maximum atomic E-state index is 11.3. The van der Waals surface area contributed by atoms with Crippen molar-refractivity contribution in [3.63, 3.8) is 0 Å². The van der Waals surface area contributed by atoms with Gasteiger partial charge in [-0.2, -0.15) is 0 Å². The molecule has 0 bridgehead atoms. The molecule has 80 valence electrons. The summed E-state index contributed by atoms with van der Waals surface area (Å²) in [5, 5.41) is 3.06. The number of aromatic nitrogens is 4. The van der Waals surface area contributed by atoms with Crippen LogP contribution in [0.4, 0.5) is 0 Å². The van der Waals surface area contributed by atoms with Gasteiger partial charge in [0.1, 0.15) is 11.3 Å². The van der Waals surface area contributed by atoms with Crippen LogP contribution in [0.25, 0.3) is 11.2 Å². The standard InChI is InChI=1S/C8H11N5O2/c1-2-9-3-4-10-5-6(11-4)12-8(15)13-7(5)14/h9H,2-3H2,1H3,(H3,10,11,12,13,14,15). The summed E-state index contributed by atoms with van der Waals surface area (Å²) in [6, 6.07) is 0. The Bertz CT molecular complexity index is 578. The Morgan fingerprint density at radius 2 is 2.07 bits per heavy atom. The summed E-state index contributed by atoms with van der Waals surface area (Å²) in [7, 11) is 0. The lowest BCUT2D eigenvalue weighted by Crippen LogP contribution is -2.21. The number of aromatic amines is 3. The fourth-order valence-corrected chi connectivity index (χ4v) is 1.31. The highest BCUT2D eigenvalue weighted by molar-refractivity contribution is 5.68. The largest absolute Gasteiger partial charge is 0.335 e. The zero-order chi connectivity index (χ0) is 10.8. The van der Waals surface area contributed by atoms with Crippen LogP contribution in [0, 0.1) is 0 Å². The van der Waals surface area contributed by atoms with Gasteiger partial charge in [0.2, 0.25) is 0 Å². The number of H-pyrrole nitrogens is 3. The Morgan fingerprint density at radius 1 is 1.27 bits per heavy atom. The first kappa shape index (κ1) is 9.66. The average molecular weight is 209 g/mol. The molecule has 0 aromatic carbocycles. The van der Waals surface area contributed by atoms with Gasteiger partial charge in [0, 0.05) is 0 Å². The van der Waals surface area contributed by atoms with E-state index in [1.54, 1.807) is 0 Å². The van der Waals surface area contributed by atoms with Gasteiger partial charge in [0.05, 0.1) is 6.54 Å². The summed E-state index contributed by atoms with van der Waals surface area (Å²) in [6.07, 6.45) is 0. The lowest BCUT2D eigenvalue weighted by atomic mass is 10.5. The van der Waals surface area contributed by atoms with Crippen LogP contribution in [-0.4, -0.2) is 26.5 Å². The zero-order valence-corrected chi connectivity index (χ0v) is 8.18. The summed E-state index contributed by atoms with van der Waals surface area (Å²) in [4.78, 5) is 33.8. The Hall–Kier alpha value is -1.89. The van der Waals surface area contributed by atoms with E-state index in [0.717, 1.165) is 6.54 Å². The van der Waals surface area contributed by atoms with E-state index in [0.29, 0.717) is 17.9 Å². The molecule has 0 spiro atoms. The highest BCUT2D eigenvalue weighted by atomic mass is 16.2. The van der Waals surface area contributed by atoms with Crippen molar-refractivity contribution in [1.82, 2.24) is 25.3 Å². The maximum absolute atomic E-state index is 11.3. The van der Waals surface area contributed by atoms with Gasteiger partial charge >= 0.3 is 5.69 Å². The van der Waals surface area contributed by atoms with Gasteiger partial charge in [0.15, 0.2) is 5.65 Å². The smallest absolute Gasteiger partial charge is 0.327 e. The zero-order valence-electron chi connectivity index (χ0n) is 8.18. The van der Waals surface area contributed by atoms with Crippen LogP contribution in [0.15, 0.2) is 9.59 Å². The fourth-order valence-electron chi connectivity index (χ4n) is 1.31. The van der Waals surface area contributed by atoms with Gasteiger partial charge in [-0.1, -0.05) is 6.92 Å². The molecule has 0 aliphatic carbocycles. The molecule has 2 aromatic rings. The number of nitrogens with one attached hydrogen (secondary N) is 4. The third kappa shape index (κ3) is 1.82. The molecule has 0 amide bonds. The number of nitrogens with zero attached hydrogens (tertiary/aromatic N) is 1. The second-order valence-corrected chi connectivity index (χ2v) is 3.10. The SMILES string of the molecule is CCNCc1nc2[nH]c(=O)[nH]c(=O)c2[nH]1. The number of hydrogen-bond acceptors (Lipinski definition) is 4. The van der Waals surface area contributed by atoms with E-state index in [1.165, 1.54) is 0 Å². The molecule has 2 heterocycles. The van der Waals surface area contributed by atoms with Crippen LogP contribution in [0.5, 0.6) is 0 Å². The normalized spacial score (nSPS) is 11.0. The van der Waals surface area contributed by atoms with Gasteiger partial charge in [0.25, 0.3) is 5.56 Å². The average Bonchev–Trinajstić information content (AvgIpc) is 2.57. The van der Waals surface area contributed by atoms with Crippen LogP contribution in [0.2, 0.25) is 0 Å². The van der Waals surface area contributed by atoms with E-state index < -0.39 is 11.2 Å². The highest BCUT2D eigenvalue weighted by Crippen LogP contribution is 2.00. The molecule has 0 saturated carbocycles. The molecular formula is C8H11N5O2. The Kier molecular flexibility index (Phi) is 2.38. The van der Waals surface area contributed by atoms with Crippen molar-refractivity contribution in [3.8, 4) is 0 Å². The van der Waals surface area contributed by atoms with E-state index in [1.807, 2.05) is 6.92 Å². The third-order valence-corrected chi connectivity index (χ3v) is 1.98. The maximum Gasteiger partial charge on any atom is 0.327 e. The van der Waals surface area contributed by atoms with Crippen molar-refractivity contribution in [2.24, 2.45) is 0 Å². The van der Waals surface area contributed by atoms with Crippen LogP contribution in [-0.2, 0) is 6.54 Å². The summed E-state index contributed by atoms with van der Waals surface area (Å²) in [6.45, 7) is 3.31. The van der Waals surface area contributed by atoms with Crippen LogP contribution < -0.4 is 16.6 Å². The van der Waals surface area contributed by atoms with E-state index >= 15 is 0 Å². The minimum absolute atomic E-state index is 0.289. The lowest BCUT2D eigenvalue weighted by molar-refractivity contribution is 0.699. The van der Waals surface area contributed by atoms with Crippen molar-refractivity contribution in [3.05, 3.63) is 26.7 Å². The van der Waals surface area contributed by atoms with Gasteiger partial charge < -0.3 is 10.3 Å². The molecular weight excluding hydrogens is 198 g/mol. The topological polar surface area (TPSA) is 106 Å². The second kappa shape index (κ2) is 3.70. The highest BCUT2D eigenvalue weighted by Gasteiger charge is 2.06. The number of fused-ring (bicyclic) bond motifs is 1. The Balaban J connectivity index is 2.51. The van der Waals surface area contributed by atoms with Crippen molar-refractivity contribution < 1.29 is 0 Å². The van der Waals surface area contributed by atoms with Gasteiger partial charge in [-0.25, -0.2) is 9.78 Å². The molecule has 0 aliphatic rings. The predicted octanol–water partition coefficient (Wildman–Crippen LogP) is -0.951. The van der Waals surface area contributed by atoms with Gasteiger partial charge in [-0.3, -0.25) is 14.8 Å². The molecule has 0 atom stereocenters. The van der Waals surface area contributed by atoms with E-state index in [-0.39, 0.29) is 5.65 Å². The number of imidazole rings is 1. The molecule has 15 heavy (non-hydrogen) atoms. The summed E-state index contributed by atoms with van der Waals surface area (Å²) < 4.78 is 0. The van der Waals surface area contributed by atoms with Crippen molar-refractivity contribution in [1.29, 1.82) is 0 Å². The molecule has 0 aliphatic heterocycles. The van der Waals surface area contributed by atoms with Crippen LogP contribution >= 0.6 is 0 Å². The van der Waals surface area contributed by atoms with Crippen molar-refractivity contribution >= 4 is 11.2 Å². The monoisotopic (exact) mass is 209 g/mol. The molecule has 0 fully saturated rings. The first-order chi connectivity index (χ1) is 7.20. The second-order valence-electron chi connectivity index (χ2n) is 3.10. The summed E-state index contributed by atoms with van der Waals surface area (Å²) in [5.41, 5.74) is -0.419. The molecule has 2 aromatic heterocycles. The number of hydrogen-bond donors (Lipinski definition) is 4. The van der Waals surface area contributed by atoms with Crippen molar-refractivity contribution in [2.45, 2.75) is 13.5 Å². The Morgan fingerprint density at radius 3 is 2.80 bits per heavy atom. The Labute approximate surface area is 83.9 Å². The minimum atomic E-state index is -0.547. The molecule has 0 saturated heterocycles. The molecule has 2 rings (SSSR count). The summed E-state index contributed by atoms with van der Waals surface area (Å²) in [5.74, 6) is 0.624. The van der Waals surface area contributed by atoms with Crippen molar-refractivity contribution in [2.75, 3.05) is 6.54 Å². The molecule has 7 heteroatoms. The molecule has 4 N–H and O–H groups in total. The lowest BCUT2D eigenvalue weighted by Gasteiger charge is -1.94. The first-order valence-corrected chi connectivity index (χ1v) is 4.62. The predicted molar refractivity (Wildman–Crippen MR) is 54.7 cm³/mol. The summed E-state index contributed by atoms with van der Waals surface area (Å²) >= 11 is 0. The van der Waals surface area contributed by atoms with Crippen LogP contribution in [0.3, 0.4) is 0 Å². The molecule has 0 radical (unpaired) electrons. The van der Waals surface area contributed by atoms with Crippen LogP contribution in [0.1, 0.15) is 12.7 Å². The van der Waals surface area contributed by atoms with E-state index in [2.05, 4.69) is 25.3 Å². The minimum Gasteiger partial charge on any atom is -0.335 e. The molecule has 7 nitrogen and oxygen atoms in total. The van der Waals surface area contributed by atoms with E-state index in [9.17, 15) is 9.59 Å². The third-order valence-electron chi connectivity index (χ3n) is 1.98. The van der Waals surface area contributed by atoms with E-state index in [4.69, 9.17) is 0 Å². The quantitative estimate of drug-likeness (QED) is 0.522.